The van der Waals surface area contributed by atoms with Crippen LogP contribution in [0.15, 0.2) is 81.6 Å². The summed E-state index contributed by atoms with van der Waals surface area (Å²) < 4.78 is 7.28. The van der Waals surface area contributed by atoms with E-state index in [1.54, 1.807) is 25.3 Å². The van der Waals surface area contributed by atoms with Crippen LogP contribution in [0.5, 0.6) is 0 Å². The van der Waals surface area contributed by atoms with E-state index in [0.29, 0.717) is 16.6 Å². The SMILES string of the molecule is C/C(=N/NC(=O)CSc1nnc(-c2ccc(C(C)(C)C)cc2)n1-c1ccc(C)cc1)c1ccco1. The molecular weight excluding hydrogens is 458 g/mol. The number of rotatable bonds is 7. The number of furan rings is 1. The van der Waals surface area contributed by atoms with E-state index >= 15 is 0 Å². The van der Waals surface area contributed by atoms with Gasteiger partial charge in [-0.1, -0.05) is 74.5 Å². The quantitative estimate of drug-likeness (QED) is 0.203. The summed E-state index contributed by atoms with van der Waals surface area (Å²) in [6, 6.07) is 20.1. The summed E-state index contributed by atoms with van der Waals surface area (Å²) in [5.74, 6) is 1.24. The second kappa shape index (κ2) is 10.3. The molecule has 1 N–H and O–H groups in total. The monoisotopic (exact) mass is 487 g/mol. The molecule has 0 radical (unpaired) electrons. The summed E-state index contributed by atoms with van der Waals surface area (Å²) in [5, 5.41) is 13.6. The van der Waals surface area contributed by atoms with Gasteiger partial charge in [-0.2, -0.15) is 5.10 Å². The number of aryl methyl sites for hydroxylation is 1. The molecule has 4 rings (SSSR count). The molecule has 0 saturated heterocycles. The van der Waals surface area contributed by atoms with Crippen LogP contribution in [0.25, 0.3) is 17.1 Å². The van der Waals surface area contributed by atoms with Crippen LogP contribution in [0.1, 0.15) is 44.6 Å². The number of carbonyl (C=O) groups excluding carboxylic acids is 1. The Balaban J connectivity index is 1.57. The molecule has 180 valence electrons. The van der Waals surface area contributed by atoms with Crippen molar-refractivity contribution in [1.29, 1.82) is 0 Å². The van der Waals surface area contributed by atoms with Crippen molar-refractivity contribution in [3.8, 4) is 17.1 Å². The second-order valence-corrected chi connectivity index (χ2v) is 10.2. The highest BCUT2D eigenvalue weighted by atomic mass is 32.2. The molecule has 0 bridgehead atoms. The maximum Gasteiger partial charge on any atom is 0.250 e. The second-order valence-electron chi connectivity index (χ2n) is 9.30. The number of nitrogens with zero attached hydrogens (tertiary/aromatic N) is 4. The molecule has 2 aromatic heterocycles. The van der Waals surface area contributed by atoms with Crippen LogP contribution in [0.3, 0.4) is 0 Å². The molecule has 0 fully saturated rings. The van der Waals surface area contributed by atoms with Crippen molar-refractivity contribution in [1.82, 2.24) is 20.2 Å². The maximum absolute atomic E-state index is 12.5. The molecule has 0 saturated carbocycles. The fourth-order valence-electron chi connectivity index (χ4n) is 3.44. The smallest absolute Gasteiger partial charge is 0.250 e. The molecule has 0 aliphatic rings. The zero-order valence-electron chi connectivity index (χ0n) is 20.6. The van der Waals surface area contributed by atoms with Gasteiger partial charge >= 0.3 is 0 Å². The highest BCUT2D eigenvalue weighted by Crippen LogP contribution is 2.30. The van der Waals surface area contributed by atoms with Crippen molar-refractivity contribution in [2.24, 2.45) is 5.10 Å². The summed E-state index contributed by atoms with van der Waals surface area (Å²) in [6.45, 7) is 10.4. The van der Waals surface area contributed by atoms with Gasteiger partial charge in [-0.3, -0.25) is 9.36 Å². The number of nitrogens with one attached hydrogen (secondary N) is 1. The standard InChI is InChI=1S/C27H29N5O2S/c1-18-8-14-22(15-9-18)32-25(20-10-12-21(13-11-20)27(3,4)5)30-31-26(32)35-17-24(33)29-28-19(2)23-7-6-16-34-23/h6-16H,17H2,1-5H3,(H,29,33)/b28-19-. The molecule has 2 heterocycles. The van der Waals surface area contributed by atoms with Crippen LogP contribution in [-0.4, -0.2) is 32.1 Å². The van der Waals surface area contributed by atoms with Crippen molar-refractivity contribution < 1.29 is 9.21 Å². The highest BCUT2D eigenvalue weighted by Gasteiger charge is 2.19. The topological polar surface area (TPSA) is 85.3 Å². The lowest BCUT2D eigenvalue weighted by Gasteiger charge is -2.19. The number of carbonyl (C=O) groups is 1. The summed E-state index contributed by atoms with van der Waals surface area (Å²) in [7, 11) is 0. The minimum Gasteiger partial charge on any atom is -0.463 e. The summed E-state index contributed by atoms with van der Waals surface area (Å²) >= 11 is 1.31. The lowest BCUT2D eigenvalue weighted by molar-refractivity contribution is -0.118. The number of hydrazone groups is 1. The average Bonchev–Trinajstić information content (AvgIpc) is 3.52. The Bertz CT molecular complexity index is 1320. The first-order valence-corrected chi connectivity index (χ1v) is 12.3. The van der Waals surface area contributed by atoms with Crippen LogP contribution in [0.2, 0.25) is 0 Å². The first-order chi connectivity index (χ1) is 16.7. The predicted octanol–water partition coefficient (Wildman–Crippen LogP) is 5.77. The van der Waals surface area contributed by atoms with Gasteiger partial charge < -0.3 is 4.42 Å². The molecule has 8 heteroatoms. The van der Waals surface area contributed by atoms with Gasteiger partial charge in [0.05, 0.1) is 12.0 Å². The molecule has 0 aliphatic heterocycles. The van der Waals surface area contributed by atoms with Crippen LogP contribution in [-0.2, 0) is 10.2 Å². The van der Waals surface area contributed by atoms with Crippen molar-refractivity contribution in [2.75, 3.05) is 5.75 Å². The third-order valence-corrected chi connectivity index (χ3v) is 6.42. The molecule has 35 heavy (non-hydrogen) atoms. The van der Waals surface area contributed by atoms with Gasteiger partial charge in [0.1, 0.15) is 11.5 Å². The van der Waals surface area contributed by atoms with E-state index < -0.39 is 0 Å². The molecule has 0 spiro atoms. The van der Waals surface area contributed by atoms with Crippen LogP contribution >= 0.6 is 11.8 Å². The molecule has 1 amide bonds. The van der Waals surface area contributed by atoms with Gasteiger partial charge in [0.25, 0.3) is 5.91 Å². The Kier molecular flexibility index (Phi) is 7.21. The number of thioether (sulfide) groups is 1. The lowest BCUT2D eigenvalue weighted by atomic mass is 9.87. The number of hydrogen-bond acceptors (Lipinski definition) is 6. The fourth-order valence-corrected chi connectivity index (χ4v) is 4.19. The van der Waals surface area contributed by atoms with E-state index in [4.69, 9.17) is 4.42 Å². The molecule has 2 aromatic carbocycles. The fraction of sp³-hybridized carbons (Fsp3) is 0.259. The van der Waals surface area contributed by atoms with E-state index in [0.717, 1.165) is 22.6 Å². The third kappa shape index (κ3) is 5.89. The molecule has 0 atom stereocenters. The van der Waals surface area contributed by atoms with E-state index in [2.05, 4.69) is 77.9 Å². The lowest BCUT2D eigenvalue weighted by Crippen LogP contribution is -2.21. The van der Waals surface area contributed by atoms with Crippen molar-refractivity contribution >= 4 is 23.4 Å². The van der Waals surface area contributed by atoms with E-state index in [1.165, 1.54) is 17.3 Å². The van der Waals surface area contributed by atoms with Gasteiger partial charge in [-0.05, 0) is 49.1 Å². The zero-order valence-corrected chi connectivity index (χ0v) is 21.4. The molecule has 7 nitrogen and oxygen atoms in total. The van der Waals surface area contributed by atoms with E-state index in [9.17, 15) is 4.79 Å². The first kappa shape index (κ1) is 24.5. The molecular formula is C27H29N5O2S. The summed E-state index contributed by atoms with van der Waals surface area (Å²) in [6.07, 6.45) is 1.57. The highest BCUT2D eigenvalue weighted by molar-refractivity contribution is 7.99. The average molecular weight is 488 g/mol. The number of benzene rings is 2. The minimum absolute atomic E-state index is 0.0648. The minimum atomic E-state index is -0.240. The third-order valence-electron chi connectivity index (χ3n) is 5.49. The number of aromatic nitrogens is 3. The summed E-state index contributed by atoms with van der Waals surface area (Å²) in [4.78, 5) is 12.5. The Morgan fingerprint density at radius 1 is 1.06 bits per heavy atom. The van der Waals surface area contributed by atoms with Gasteiger partial charge in [-0.15, -0.1) is 10.2 Å². The number of hydrogen-bond donors (Lipinski definition) is 1. The molecule has 0 aliphatic carbocycles. The molecule has 4 aromatic rings. The first-order valence-electron chi connectivity index (χ1n) is 11.4. The Labute approximate surface area is 209 Å². The van der Waals surface area contributed by atoms with Crippen molar-refractivity contribution in [2.45, 2.75) is 45.2 Å². The zero-order chi connectivity index (χ0) is 25.0. The Morgan fingerprint density at radius 2 is 1.77 bits per heavy atom. The van der Waals surface area contributed by atoms with Crippen molar-refractivity contribution in [3.63, 3.8) is 0 Å². The van der Waals surface area contributed by atoms with E-state index in [1.807, 2.05) is 23.6 Å². The van der Waals surface area contributed by atoms with Gasteiger partial charge in [0.2, 0.25) is 0 Å². The maximum atomic E-state index is 12.5. The predicted molar refractivity (Wildman–Crippen MR) is 140 cm³/mol. The van der Waals surface area contributed by atoms with Gasteiger partial charge in [0.15, 0.2) is 11.0 Å². The molecule has 0 unspecified atom stereocenters. The Morgan fingerprint density at radius 3 is 2.40 bits per heavy atom. The van der Waals surface area contributed by atoms with Gasteiger partial charge in [0, 0.05) is 11.3 Å². The van der Waals surface area contributed by atoms with Crippen LogP contribution in [0, 0.1) is 6.92 Å². The largest absolute Gasteiger partial charge is 0.463 e. The Hall–Kier alpha value is -3.65. The number of amides is 1. The van der Waals surface area contributed by atoms with Crippen LogP contribution < -0.4 is 5.43 Å². The normalized spacial score (nSPS) is 12.1. The van der Waals surface area contributed by atoms with Crippen molar-refractivity contribution in [3.05, 3.63) is 83.8 Å². The summed E-state index contributed by atoms with van der Waals surface area (Å²) in [5.41, 5.74) is 7.54. The van der Waals surface area contributed by atoms with Crippen LogP contribution in [0.4, 0.5) is 0 Å². The van der Waals surface area contributed by atoms with E-state index in [-0.39, 0.29) is 17.1 Å². The van der Waals surface area contributed by atoms with Gasteiger partial charge in [-0.25, -0.2) is 5.43 Å².